The van der Waals surface area contributed by atoms with Crippen molar-refractivity contribution in [1.82, 2.24) is 9.62 Å². The first kappa shape index (κ1) is 15.9. The molecule has 1 heterocycles. The van der Waals surface area contributed by atoms with Crippen LogP contribution >= 0.6 is 0 Å². The molecule has 1 aromatic carbocycles. The minimum atomic E-state index is -3.37. The SMILES string of the molecule is CNS(=O)(=O)CC1CCCN1C(=O)c1ccc(F)c(C)c1. The number of nitrogens with one attached hydrogen (secondary N) is 1. The first-order valence-corrected chi connectivity index (χ1v) is 8.47. The number of carbonyl (C=O) groups is 1. The van der Waals surface area contributed by atoms with Gasteiger partial charge in [-0.2, -0.15) is 0 Å². The summed E-state index contributed by atoms with van der Waals surface area (Å²) in [5.74, 6) is -0.704. The molecule has 7 heteroatoms. The van der Waals surface area contributed by atoms with Gasteiger partial charge in [-0.3, -0.25) is 4.79 Å². The molecule has 1 unspecified atom stereocenters. The number of carbonyl (C=O) groups excluding carboxylic acids is 1. The summed E-state index contributed by atoms with van der Waals surface area (Å²) in [6, 6.07) is 3.87. The fourth-order valence-electron chi connectivity index (χ4n) is 2.56. The number of aryl methyl sites for hydroxylation is 1. The highest BCUT2D eigenvalue weighted by atomic mass is 32.2. The molecule has 0 spiro atoms. The third kappa shape index (κ3) is 3.59. The maximum Gasteiger partial charge on any atom is 0.254 e. The molecular formula is C14H19FN2O3S. The van der Waals surface area contributed by atoms with Crippen LogP contribution in [0.5, 0.6) is 0 Å². The maximum absolute atomic E-state index is 13.3. The van der Waals surface area contributed by atoms with Crippen LogP contribution in [-0.2, 0) is 10.0 Å². The van der Waals surface area contributed by atoms with Crippen molar-refractivity contribution in [3.05, 3.63) is 35.1 Å². The Kier molecular flexibility index (Phi) is 4.63. The minimum Gasteiger partial charge on any atom is -0.335 e. The summed E-state index contributed by atoms with van der Waals surface area (Å²) in [5, 5.41) is 0. The molecule has 0 saturated carbocycles. The van der Waals surface area contributed by atoms with Crippen LogP contribution in [0, 0.1) is 12.7 Å². The number of amides is 1. The van der Waals surface area contributed by atoms with E-state index in [1.807, 2.05) is 0 Å². The normalized spacial score (nSPS) is 19.0. The van der Waals surface area contributed by atoms with Crippen LogP contribution in [0.25, 0.3) is 0 Å². The van der Waals surface area contributed by atoms with Crippen molar-refractivity contribution in [3.8, 4) is 0 Å². The molecule has 0 bridgehead atoms. The number of hydrogen-bond acceptors (Lipinski definition) is 3. The van der Waals surface area contributed by atoms with Crippen molar-refractivity contribution in [1.29, 1.82) is 0 Å². The maximum atomic E-state index is 13.3. The Morgan fingerprint density at radius 1 is 1.48 bits per heavy atom. The summed E-state index contributed by atoms with van der Waals surface area (Å²) < 4.78 is 38.9. The van der Waals surface area contributed by atoms with Gasteiger partial charge in [0, 0.05) is 18.2 Å². The second-order valence-corrected chi connectivity index (χ2v) is 7.22. The zero-order valence-corrected chi connectivity index (χ0v) is 12.9. The lowest BCUT2D eigenvalue weighted by atomic mass is 10.1. The van der Waals surface area contributed by atoms with E-state index >= 15 is 0 Å². The van der Waals surface area contributed by atoms with E-state index in [1.165, 1.54) is 25.2 Å². The first-order valence-electron chi connectivity index (χ1n) is 6.82. The summed E-state index contributed by atoms with van der Waals surface area (Å²) in [6.07, 6.45) is 1.43. The molecule has 116 valence electrons. The minimum absolute atomic E-state index is 0.102. The third-order valence-corrected chi connectivity index (χ3v) is 5.21. The van der Waals surface area contributed by atoms with Gasteiger partial charge in [0.25, 0.3) is 5.91 Å². The van der Waals surface area contributed by atoms with Gasteiger partial charge in [0.15, 0.2) is 0 Å². The van der Waals surface area contributed by atoms with E-state index in [0.29, 0.717) is 24.1 Å². The van der Waals surface area contributed by atoms with Gasteiger partial charge in [0.2, 0.25) is 10.0 Å². The summed E-state index contributed by atoms with van der Waals surface area (Å²) in [7, 11) is -2.01. The number of sulfonamides is 1. The highest BCUT2D eigenvalue weighted by Crippen LogP contribution is 2.22. The molecule has 1 aliphatic rings. The molecule has 21 heavy (non-hydrogen) atoms. The highest BCUT2D eigenvalue weighted by molar-refractivity contribution is 7.89. The Bertz CT molecular complexity index is 646. The number of halogens is 1. The van der Waals surface area contributed by atoms with Crippen molar-refractivity contribution < 1.29 is 17.6 Å². The van der Waals surface area contributed by atoms with E-state index in [9.17, 15) is 17.6 Å². The fourth-order valence-corrected chi connectivity index (χ4v) is 3.58. The summed E-state index contributed by atoms with van der Waals surface area (Å²) in [4.78, 5) is 14.1. The quantitative estimate of drug-likeness (QED) is 0.910. The predicted molar refractivity (Wildman–Crippen MR) is 78.0 cm³/mol. The Morgan fingerprint density at radius 3 is 2.81 bits per heavy atom. The van der Waals surface area contributed by atoms with E-state index in [2.05, 4.69) is 4.72 Å². The summed E-state index contributed by atoms with van der Waals surface area (Å²) >= 11 is 0. The fraction of sp³-hybridized carbons (Fsp3) is 0.500. The largest absolute Gasteiger partial charge is 0.335 e. The van der Waals surface area contributed by atoms with Crippen molar-refractivity contribution in [3.63, 3.8) is 0 Å². The topological polar surface area (TPSA) is 66.5 Å². The molecule has 5 nitrogen and oxygen atoms in total. The first-order chi connectivity index (χ1) is 9.84. The molecule has 0 radical (unpaired) electrons. The van der Waals surface area contributed by atoms with Crippen molar-refractivity contribution in [2.24, 2.45) is 0 Å². The van der Waals surface area contributed by atoms with Crippen molar-refractivity contribution in [2.75, 3.05) is 19.3 Å². The number of benzene rings is 1. The Hall–Kier alpha value is -1.47. The summed E-state index contributed by atoms with van der Waals surface area (Å²) in [6.45, 7) is 2.12. The van der Waals surface area contributed by atoms with Crippen LogP contribution in [0.1, 0.15) is 28.8 Å². The average molecular weight is 314 g/mol. The Balaban J connectivity index is 2.19. The molecule has 1 saturated heterocycles. The molecule has 1 fully saturated rings. The molecule has 1 aromatic rings. The van der Waals surface area contributed by atoms with Crippen LogP contribution in [0.15, 0.2) is 18.2 Å². The second kappa shape index (κ2) is 6.11. The van der Waals surface area contributed by atoms with Gasteiger partial charge in [-0.05, 0) is 50.6 Å². The second-order valence-electron chi connectivity index (χ2n) is 5.24. The molecule has 1 amide bonds. The smallest absolute Gasteiger partial charge is 0.254 e. The highest BCUT2D eigenvalue weighted by Gasteiger charge is 2.32. The Morgan fingerprint density at radius 2 is 2.19 bits per heavy atom. The zero-order valence-electron chi connectivity index (χ0n) is 12.1. The van der Waals surface area contributed by atoms with Crippen molar-refractivity contribution >= 4 is 15.9 Å². The van der Waals surface area contributed by atoms with Gasteiger partial charge in [-0.25, -0.2) is 17.5 Å². The van der Waals surface area contributed by atoms with E-state index in [4.69, 9.17) is 0 Å². The lowest BCUT2D eigenvalue weighted by Gasteiger charge is -2.24. The lowest BCUT2D eigenvalue weighted by Crippen LogP contribution is -2.41. The molecule has 0 aliphatic carbocycles. The number of likely N-dealkylation sites (tertiary alicyclic amines) is 1. The van der Waals surface area contributed by atoms with E-state index in [1.54, 1.807) is 11.8 Å². The number of hydrogen-bond donors (Lipinski definition) is 1. The molecule has 2 rings (SSSR count). The molecule has 1 atom stereocenters. The van der Waals surface area contributed by atoms with Crippen LogP contribution in [0.4, 0.5) is 4.39 Å². The van der Waals surface area contributed by atoms with Crippen molar-refractivity contribution in [2.45, 2.75) is 25.8 Å². The van der Waals surface area contributed by atoms with Gasteiger partial charge in [-0.15, -0.1) is 0 Å². The molecular weight excluding hydrogens is 295 g/mol. The van der Waals surface area contributed by atoms with Crippen LogP contribution < -0.4 is 4.72 Å². The van der Waals surface area contributed by atoms with Gasteiger partial charge in [0.1, 0.15) is 5.82 Å². The monoisotopic (exact) mass is 314 g/mol. The number of rotatable bonds is 4. The molecule has 1 N–H and O–H groups in total. The van der Waals surface area contributed by atoms with Gasteiger partial charge in [-0.1, -0.05) is 0 Å². The Labute approximate surface area is 124 Å². The predicted octanol–water partition coefficient (Wildman–Crippen LogP) is 1.29. The third-order valence-electron chi connectivity index (χ3n) is 3.77. The summed E-state index contributed by atoms with van der Waals surface area (Å²) in [5.41, 5.74) is 0.794. The average Bonchev–Trinajstić information content (AvgIpc) is 2.88. The van der Waals surface area contributed by atoms with Crippen LogP contribution in [0.2, 0.25) is 0 Å². The van der Waals surface area contributed by atoms with Gasteiger partial charge < -0.3 is 4.90 Å². The van der Waals surface area contributed by atoms with Gasteiger partial charge >= 0.3 is 0 Å². The van der Waals surface area contributed by atoms with E-state index < -0.39 is 10.0 Å². The zero-order chi connectivity index (χ0) is 15.6. The van der Waals surface area contributed by atoms with Gasteiger partial charge in [0.05, 0.1) is 5.75 Å². The molecule has 1 aliphatic heterocycles. The van der Waals surface area contributed by atoms with Crippen LogP contribution in [0.3, 0.4) is 0 Å². The lowest BCUT2D eigenvalue weighted by molar-refractivity contribution is 0.0749. The van der Waals surface area contributed by atoms with Crippen LogP contribution in [-0.4, -0.2) is 44.6 Å². The standard InChI is InChI=1S/C14H19FN2O3S/c1-10-8-11(5-6-13(10)15)14(18)17-7-3-4-12(17)9-21(19,20)16-2/h5-6,8,12,16H,3-4,7,9H2,1-2H3. The van der Waals surface area contributed by atoms with E-state index in [0.717, 1.165) is 6.42 Å². The van der Waals surface area contributed by atoms with E-state index in [-0.39, 0.29) is 23.5 Å². The molecule has 0 aromatic heterocycles. The number of nitrogens with zero attached hydrogens (tertiary/aromatic N) is 1.